The number of hydrogen-bond acceptors (Lipinski definition) is 4. The molecule has 2 N–H and O–H groups in total. The molecule has 0 aliphatic rings. The monoisotopic (exact) mass is 224 g/mol. The van der Waals surface area contributed by atoms with Gasteiger partial charge in [0.15, 0.2) is 5.82 Å². The minimum atomic E-state index is -0.281. The molecule has 0 atom stereocenters. The summed E-state index contributed by atoms with van der Waals surface area (Å²) in [6, 6.07) is -0.281. The maximum absolute atomic E-state index is 11.3. The summed E-state index contributed by atoms with van der Waals surface area (Å²) in [7, 11) is 0. The summed E-state index contributed by atoms with van der Waals surface area (Å²) in [5.74, 6) is 0.435. The highest BCUT2D eigenvalue weighted by Crippen LogP contribution is 1.95. The van der Waals surface area contributed by atoms with Crippen LogP contribution in [0.4, 0.5) is 10.6 Å². The number of anilines is 1. The summed E-state index contributed by atoms with van der Waals surface area (Å²) < 4.78 is 5.14. The Balaban J connectivity index is 2.12. The van der Waals surface area contributed by atoms with Gasteiger partial charge in [0.1, 0.15) is 0 Å². The van der Waals surface area contributed by atoms with Crippen LogP contribution in [0.15, 0.2) is 18.6 Å². The molecule has 0 saturated carbocycles. The van der Waals surface area contributed by atoms with Crippen molar-refractivity contribution in [1.82, 2.24) is 15.3 Å². The van der Waals surface area contributed by atoms with Crippen molar-refractivity contribution in [3.8, 4) is 0 Å². The number of carbonyl (C=O) groups is 1. The van der Waals surface area contributed by atoms with Gasteiger partial charge in [0.25, 0.3) is 0 Å². The second kappa shape index (κ2) is 7.58. The minimum Gasteiger partial charge on any atom is -0.382 e. The first-order valence-corrected chi connectivity index (χ1v) is 5.21. The van der Waals surface area contributed by atoms with Crippen LogP contribution in [0.5, 0.6) is 0 Å². The molecule has 6 nitrogen and oxygen atoms in total. The fourth-order valence-corrected chi connectivity index (χ4v) is 1.04. The van der Waals surface area contributed by atoms with Gasteiger partial charge >= 0.3 is 6.03 Å². The van der Waals surface area contributed by atoms with Gasteiger partial charge in [-0.1, -0.05) is 0 Å². The first-order chi connectivity index (χ1) is 7.83. The quantitative estimate of drug-likeness (QED) is 0.707. The minimum absolute atomic E-state index is 0.281. The Morgan fingerprint density at radius 3 is 3.06 bits per heavy atom. The van der Waals surface area contributed by atoms with Crippen LogP contribution in [-0.2, 0) is 4.74 Å². The highest BCUT2D eigenvalue weighted by molar-refractivity contribution is 5.87. The Bertz CT molecular complexity index is 305. The molecule has 6 heteroatoms. The van der Waals surface area contributed by atoms with Gasteiger partial charge in [-0.3, -0.25) is 10.3 Å². The lowest BCUT2D eigenvalue weighted by Gasteiger charge is -2.06. The number of hydrogen-bond donors (Lipinski definition) is 2. The van der Waals surface area contributed by atoms with Gasteiger partial charge in [0, 0.05) is 32.2 Å². The molecule has 1 rings (SSSR count). The zero-order valence-corrected chi connectivity index (χ0v) is 9.27. The normalized spacial score (nSPS) is 9.81. The van der Waals surface area contributed by atoms with E-state index in [0.29, 0.717) is 25.6 Å². The average Bonchev–Trinajstić information content (AvgIpc) is 2.30. The SMILES string of the molecule is CCOCCCNC(=O)Nc1cnccn1. The van der Waals surface area contributed by atoms with E-state index < -0.39 is 0 Å². The number of rotatable bonds is 6. The molecule has 1 heterocycles. The molecule has 1 aromatic rings. The zero-order valence-electron chi connectivity index (χ0n) is 9.27. The summed E-state index contributed by atoms with van der Waals surface area (Å²) >= 11 is 0. The second-order valence-corrected chi connectivity index (χ2v) is 3.02. The summed E-state index contributed by atoms with van der Waals surface area (Å²) in [6.07, 6.45) is 5.34. The molecule has 0 aromatic carbocycles. The lowest BCUT2D eigenvalue weighted by Crippen LogP contribution is -2.30. The molecule has 0 saturated heterocycles. The van der Waals surface area contributed by atoms with Gasteiger partial charge in [-0.25, -0.2) is 9.78 Å². The number of aromatic nitrogens is 2. The maximum atomic E-state index is 11.3. The topological polar surface area (TPSA) is 76.1 Å². The third kappa shape index (κ3) is 5.26. The Kier molecular flexibility index (Phi) is 5.87. The maximum Gasteiger partial charge on any atom is 0.320 e. The molecular weight excluding hydrogens is 208 g/mol. The van der Waals surface area contributed by atoms with Gasteiger partial charge in [-0.15, -0.1) is 0 Å². The third-order valence-corrected chi connectivity index (χ3v) is 1.76. The Hall–Kier alpha value is -1.69. The summed E-state index contributed by atoms with van der Waals surface area (Å²) in [6.45, 7) is 3.87. The van der Waals surface area contributed by atoms with E-state index in [1.807, 2.05) is 6.92 Å². The van der Waals surface area contributed by atoms with Crippen LogP contribution in [0.25, 0.3) is 0 Å². The predicted octanol–water partition coefficient (Wildman–Crippen LogP) is 1.02. The van der Waals surface area contributed by atoms with Crippen LogP contribution in [-0.4, -0.2) is 35.8 Å². The van der Waals surface area contributed by atoms with Crippen LogP contribution in [0.2, 0.25) is 0 Å². The second-order valence-electron chi connectivity index (χ2n) is 3.02. The van der Waals surface area contributed by atoms with E-state index in [1.54, 1.807) is 6.20 Å². The van der Waals surface area contributed by atoms with Crippen LogP contribution in [0, 0.1) is 0 Å². The van der Waals surface area contributed by atoms with E-state index >= 15 is 0 Å². The molecule has 0 bridgehead atoms. The van der Waals surface area contributed by atoms with Crippen molar-refractivity contribution in [2.24, 2.45) is 0 Å². The van der Waals surface area contributed by atoms with E-state index in [9.17, 15) is 4.79 Å². The lowest BCUT2D eigenvalue weighted by atomic mass is 10.4. The van der Waals surface area contributed by atoms with Gasteiger partial charge in [-0.2, -0.15) is 0 Å². The van der Waals surface area contributed by atoms with Crippen molar-refractivity contribution in [2.45, 2.75) is 13.3 Å². The number of urea groups is 1. The number of nitrogens with zero attached hydrogens (tertiary/aromatic N) is 2. The van der Waals surface area contributed by atoms with Crippen molar-refractivity contribution >= 4 is 11.8 Å². The van der Waals surface area contributed by atoms with Gasteiger partial charge in [-0.05, 0) is 13.3 Å². The zero-order chi connectivity index (χ0) is 11.6. The van der Waals surface area contributed by atoms with E-state index in [1.165, 1.54) is 12.4 Å². The summed E-state index contributed by atoms with van der Waals surface area (Å²) in [5, 5.41) is 5.26. The summed E-state index contributed by atoms with van der Waals surface area (Å²) in [5.41, 5.74) is 0. The molecule has 16 heavy (non-hydrogen) atoms. The molecule has 88 valence electrons. The van der Waals surface area contributed by atoms with Crippen LogP contribution < -0.4 is 10.6 Å². The van der Waals surface area contributed by atoms with Gasteiger partial charge in [0.05, 0.1) is 6.20 Å². The van der Waals surface area contributed by atoms with Crippen molar-refractivity contribution in [3.05, 3.63) is 18.6 Å². The Morgan fingerprint density at radius 2 is 2.38 bits per heavy atom. The number of nitrogens with one attached hydrogen (secondary N) is 2. The van der Waals surface area contributed by atoms with Crippen LogP contribution in [0.3, 0.4) is 0 Å². The highest BCUT2D eigenvalue weighted by atomic mass is 16.5. The Labute approximate surface area is 94.4 Å². The largest absolute Gasteiger partial charge is 0.382 e. The smallest absolute Gasteiger partial charge is 0.320 e. The molecule has 0 aliphatic heterocycles. The fraction of sp³-hybridized carbons (Fsp3) is 0.500. The van der Waals surface area contributed by atoms with E-state index in [-0.39, 0.29) is 6.03 Å². The van der Waals surface area contributed by atoms with Gasteiger partial charge in [0.2, 0.25) is 0 Å². The molecule has 0 spiro atoms. The Morgan fingerprint density at radius 1 is 1.50 bits per heavy atom. The van der Waals surface area contributed by atoms with Gasteiger partial charge < -0.3 is 10.1 Å². The number of ether oxygens (including phenoxy) is 1. The molecule has 0 unspecified atom stereocenters. The van der Waals surface area contributed by atoms with Crippen molar-refractivity contribution in [2.75, 3.05) is 25.1 Å². The van der Waals surface area contributed by atoms with E-state index in [4.69, 9.17) is 4.74 Å². The molecule has 1 aromatic heterocycles. The number of amides is 2. The molecule has 0 radical (unpaired) electrons. The number of carbonyl (C=O) groups excluding carboxylic acids is 1. The first kappa shape index (κ1) is 12.4. The predicted molar refractivity (Wildman–Crippen MR) is 60.2 cm³/mol. The van der Waals surface area contributed by atoms with Crippen LogP contribution in [0.1, 0.15) is 13.3 Å². The van der Waals surface area contributed by atoms with E-state index in [0.717, 1.165) is 6.42 Å². The molecular formula is C10H16N4O2. The molecule has 2 amide bonds. The van der Waals surface area contributed by atoms with Crippen molar-refractivity contribution in [1.29, 1.82) is 0 Å². The van der Waals surface area contributed by atoms with Crippen molar-refractivity contribution < 1.29 is 9.53 Å². The first-order valence-electron chi connectivity index (χ1n) is 5.21. The van der Waals surface area contributed by atoms with Crippen LogP contribution >= 0.6 is 0 Å². The summed E-state index contributed by atoms with van der Waals surface area (Å²) in [4.78, 5) is 19.1. The van der Waals surface area contributed by atoms with Crippen molar-refractivity contribution in [3.63, 3.8) is 0 Å². The lowest BCUT2D eigenvalue weighted by molar-refractivity contribution is 0.145. The standard InChI is InChI=1S/C10H16N4O2/c1-2-16-7-3-4-13-10(15)14-9-8-11-5-6-12-9/h5-6,8H,2-4,7H2,1H3,(H2,12,13,14,15). The molecule has 0 aliphatic carbocycles. The third-order valence-electron chi connectivity index (χ3n) is 1.76. The molecule has 0 fully saturated rings. The highest BCUT2D eigenvalue weighted by Gasteiger charge is 2.00. The average molecular weight is 224 g/mol. The fourth-order valence-electron chi connectivity index (χ4n) is 1.04. The van der Waals surface area contributed by atoms with E-state index in [2.05, 4.69) is 20.6 Å².